The lowest BCUT2D eigenvalue weighted by atomic mass is 10.2. The monoisotopic (exact) mass is 259 g/mol. The van der Waals surface area contributed by atoms with Gasteiger partial charge >= 0.3 is 0 Å². The fraction of sp³-hybridized carbons (Fsp3) is 0.583. The van der Waals surface area contributed by atoms with Crippen LogP contribution in [0, 0.1) is 6.92 Å². The van der Waals surface area contributed by atoms with E-state index in [-0.39, 0.29) is 11.9 Å². The zero-order chi connectivity index (χ0) is 12.0. The molecule has 1 N–H and O–H groups in total. The van der Waals surface area contributed by atoms with Crippen LogP contribution in [-0.4, -0.2) is 17.8 Å². The number of halogens is 1. The Labute approximate surface area is 106 Å². The molecule has 90 valence electrons. The predicted molar refractivity (Wildman–Crippen MR) is 70.3 cm³/mol. The number of carbonyl (C=O) groups excluding carboxylic acids is 1. The SMILES string of the molecule is Cc1ccc(CC(C)NC(=O)CCCCl)s1. The normalized spacial score (nSPS) is 12.4. The molecule has 0 fully saturated rings. The molecule has 1 atom stereocenters. The number of carbonyl (C=O) groups is 1. The smallest absolute Gasteiger partial charge is 0.220 e. The molecular formula is C12H18ClNOS. The average Bonchev–Trinajstić information content (AvgIpc) is 2.60. The summed E-state index contributed by atoms with van der Waals surface area (Å²) in [4.78, 5) is 14.1. The van der Waals surface area contributed by atoms with Gasteiger partial charge < -0.3 is 5.32 Å². The maximum absolute atomic E-state index is 11.4. The van der Waals surface area contributed by atoms with Crippen LogP contribution >= 0.6 is 22.9 Å². The summed E-state index contributed by atoms with van der Waals surface area (Å²) >= 11 is 7.32. The van der Waals surface area contributed by atoms with Crippen LogP contribution in [0.2, 0.25) is 0 Å². The van der Waals surface area contributed by atoms with Crippen molar-refractivity contribution < 1.29 is 4.79 Å². The van der Waals surface area contributed by atoms with E-state index in [1.54, 1.807) is 11.3 Å². The van der Waals surface area contributed by atoms with E-state index in [9.17, 15) is 4.79 Å². The van der Waals surface area contributed by atoms with Gasteiger partial charge in [-0.15, -0.1) is 22.9 Å². The van der Waals surface area contributed by atoms with Gasteiger partial charge in [-0.05, 0) is 32.4 Å². The first kappa shape index (κ1) is 13.5. The molecular weight excluding hydrogens is 242 g/mol. The Morgan fingerprint density at radius 2 is 2.31 bits per heavy atom. The lowest BCUT2D eigenvalue weighted by Crippen LogP contribution is -2.33. The summed E-state index contributed by atoms with van der Waals surface area (Å²) in [7, 11) is 0. The number of thiophene rings is 1. The van der Waals surface area contributed by atoms with Crippen LogP contribution in [0.25, 0.3) is 0 Å². The minimum atomic E-state index is 0.0985. The molecule has 0 aliphatic heterocycles. The Kier molecular flexibility index (Phi) is 5.85. The van der Waals surface area contributed by atoms with Crippen LogP contribution in [0.3, 0.4) is 0 Å². The average molecular weight is 260 g/mol. The Balaban J connectivity index is 2.30. The molecule has 0 aliphatic carbocycles. The molecule has 0 saturated carbocycles. The van der Waals surface area contributed by atoms with E-state index in [1.807, 2.05) is 6.92 Å². The van der Waals surface area contributed by atoms with E-state index in [0.29, 0.717) is 12.3 Å². The van der Waals surface area contributed by atoms with E-state index in [1.165, 1.54) is 9.75 Å². The van der Waals surface area contributed by atoms with Gasteiger partial charge in [0.1, 0.15) is 0 Å². The standard InChI is InChI=1S/C12H18ClNOS/c1-9(14-12(15)4-3-7-13)8-11-6-5-10(2)16-11/h5-6,9H,3-4,7-8H2,1-2H3,(H,14,15). The minimum Gasteiger partial charge on any atom is -0.353 e. The highest BCUT2D eigenvalue weighted by Gasteiger charge is 2.08. The lowest BCUT2D eigenvalue weighted by Gasteiger charge is -2.12. The van der Waals surface area contributed by atoms with Crippen LogP contribution < -0.4 is 5.32 Å². The molecule has 0 aliphatic rings. The fourth-order valence-electron chi connectivity index (χ4n) is 1.52. The van der Waals surface area contributed by atoms with Gasteiger partial charge in [0.15, 0.2) is 0 Å². The summed E-state index contributed by atoms with van der Waals surface area (Å²) in [5, 5.41) is 2.98. The number of nitrogens with one attached hydrogen (secondary N) is 1. The molecule has 0 saturated heterocycles. The topological polar surface area (TPSA) is 29.1 Å². The molecule has 0 radical (unpaired) electrons. The maximum Gasteiger partial charge on any atom is 0.220 e. The van der Waals surface area contributed by atoms with Gasteiger partial charge in [0.05, 0.1) is 0 Å². The molecule has 0 aromatic carbocycles. The number of rotatable bonds is 6. The third-order valence-electron chi connectivity index (χ3n) is 2.25. The molecule has 4 heteroatoms. The molecule has 1 rings (SSSR count). The number of hydrogen-bond acceptors (Lipinski definition) is 2. The van der Waals surface area contributed by atoms with Crippen molar-refractivity contribution >= 4 is 28.8 Å². The highest BCUT2D eigenvalue weighted by molar-refractivity contribution is 7.11. The number of amides is 1. The quantitative estimate of drug-likeness (QED) is 0.782. The van der Waals surface area contributed by atoms with Crippen LogP contribution in [0.15, 0.2) is 12.1 Å². The molecule has 1 heterocycles. The van der Waals surface area contributed by atoms with Crippen LogP contribution in [0.4, 0.5) is 0 Å². The van der Waals surface area contributed by atoms with Crippen molar-refractivity contribution in [2.45, 2.75) is 39.2 Å². The second-order valence-corrected chi connectivity index (χ2v) is 5.73. The van der Waals surface area contributed by atoms with Gasteiger partial charge in [-0.25, -0.2) is 0 Å². The number of alkyl halides is 1. The van der Waals surface area contributed by atoms with E-state index in [2.05, 4.69) is 24.4 Å². The van der Waals surface area contributed by atoms with E-state index >= 15 is 0 Å². The third-order valence-corrected chi connectivity index (χ3v) is 3.54. The fourth-order valence-corrected chi connectivity index (χ4v) is 2.67. The zero-order valence-corrected chi connectivity index (χ0v) is 11.3. The highest BCUT2D eigenvalue weighted by atomic mass is 35.5. The van der Waals surface area contributed by atoms with E-state index < -0.39 is 0 Å². The van der Waals surface area contributed by atoms with Crippen molar-refractivity contribution in [1.29, 1.82) is 0 Å². The van der Waals surface area contributed by atoms with Crippen molar-refractivity contribution in [3.05, 3.63) is 21.9 Å². The van der Waals surface area contributed by atoms with Crippen molar-refractivity contribution in [2.75, 3.05) is 5.88 Å². The van der Waals surface area contributed by atoms with E-state index in [4.69, 9.17) is 11.6 Å². The van der Waals surface area contributed by atoms with Crippen molar-refractivity contribution in [2.24, 2.45) is 0 Å². The summed E-state index contributed by atoms with van der Waals surface area (Å²) in [6.07, 6.45) is 2.18. The Morgan fingerprint density at radius 1 is 1.56 bits per heavy atom. The molecule has 1 unspecified atom stereocenters. The molecule has 1 aromatic rings. The number of aryl methyl sites for hydroxylation is 1. The summed E-state index contributed by atoms with van der Waals surface area (Å²) in [5.74, 6) is 0.646. The van der Waals surface area contributed by atoms with Crippen molar-refractivity contribution in [3.63, 3.8) is 0 Å². The van der Waals surface area contributed by atoms with Gasteiger partial charge in [-0.3, -0.25) is 4.79 Å². The molecule has 0 bridgehead atoms. The summed E-state index contributed by atoms with van der Waals surface area (Å²) in [5.41, 5.74) is 0. The first-order valence-corrected chi connectivity index (χ1v) is 6.87. The lowest BCUT2D eigenvalue weighted by molar-refractivity contribution is -0.121. The largest absolute Gasteiger partial charge is 0.353 e. The molecule has 1 aromatic heterocycles. The summed E-state index contributed by atoms with van der Waals surface area (Å²) in [6, 6.07) is 4.43. The molecule has 16 heavy (non-hydrogen) atoms. The molecule has 1 amide bonds. The van der Waals surface area contributed by atoms with Gasteiger partial charge in [-0.2, -0.15) is 0 Å². The number of hydrogen-bond donors (Lipinski definition) is 1. The van der Waals surface area contributed by atoms with Crippen LogP contribution in [0.5, 0.6) is 0 Å². The van der Waals surface area contributed by atoms with Gasteiger partial charge in [0.25, 0.3) is 0 Å². The molecule has 0 spiro atoms. The van der Waals surface area contributed by atoms with Crippen LogP contribution in [0.1, 0.15) is 29.5 Å². The van der Waals surface area contributed by atoms with Crippen molar-refractivity contribution in [1.82, 2.24) is 5.32 Å². The third kappa shape index (κ3) is 4.99. The minimum absolute atomic E-state index is 0.0985. The first-order chi connectivity index (χ1) is 7.61. The predicted octanol–water partition coefficient (Wildman–Crippen LogP) is 3.12. The maximum atomic E-state index is 11.4. The Morgan fingerprint density at radius 3 is 2.88 bits per heavy atom. The zero-order valence-electron chi connectivity index (χ0n) is 9.75. The molecule has 2 nitrogen and oxygen atoms in total. The van der Waals surface area contributed by atoms with Crippen molar-refractivity contribution in [3.8, 4) is 0 Å². The van der Waals surface area contributed by atoms with Gasteiger partial charge in [0.2, 0.25) is 5.91 Å². The Bertz CT molecular complexity index is 338. The first-order valence-electron chi connectivity index (χ1n) is 5.52. The van der Waals surface area contributed by atoms with Gasteiger partial charge in [-0.1, -0.05) is 0 Å². The van der Waals surface area contributed by atoms with Crippen LogP contribution in [-0.2, 0) is 11.2 Å². The Hall–Kier alpha value is -0.540. The van der Waals surface area contributed by atoms with Gasteiger partial charge in [0, 0.05) is 34.5 Å². The summed E-state index contributed by atoms with van der Waals surface area (Å²) < 4.78 is 0. The highest BCUT2D eigenvalue weighted by Crippen LogP contribution is 2.16. The second kappa shape index (κ2) is 6.92. The second-order valence-electron chi connectivity index (χ2n) is 3.98. The van der Waals surface area contributed by atoms with E-state index in [0.717, 1.165) is 12.8 Å². The summed E-state index contributed by atoms with van der Waals surface area (Å²) in [6.45, 7) is 4.13.